The van der Waals surface area contributed by atoms with Crippen molar-refractivity contribution in [1.29, 1.82) is 0 Å². The van der Waals surface area contributed by atoms with E-state index in [9.17, 15) is 22.8 Å². The molecule has 8 heteroatoms. The third-order valence-corrected chi connectivity index (χ3v) is 5.56. The van der Waals surface area contributed by atoms with Crippen LogP contribution in [0.15, 0.2) is 48.5 Å². The number of halogens is 3. The predicted molar refractivity (Wildman–Crippen MR) is 107 cm³/mol. The van der Waals surface area contributed by atoms with Crippen molar-refractivity contribution in [2.24, 2.45) is 5.92 Å². The van der Waals surface area contributed by atoms with E-state index in [1.54, 1.807) is 19.1 Å². The first kappa shape index (κ1) is 22.8. The molecule has 166 valence electrons. The van der Waals surface area contributed by atoms with Crippen LogP contribution in [0.4, 0.5) is 13.2 Å². The highest BCUT2D eigenvalue weighted by molar-refractivity contribution is 5.87. The normalized spacial score (nSPS) is 16.3. The molecule has 0 saturated heterocycles. The summed E-state index contributed by atoms with van der Waals surface area (Å²) in [4.78, 5) is 23.8. The summed E-state index contributed by atoms with van der Waals surface area (Å²) >= 11 is 0. The Morgan fingerprint density at radius 3 is 2.19 bits per heavy atom. The SMILES string of the molecule is CC(NC(=O)C(OCc1ccc(C(F)(F)F)cc1)C1CCC1)c1ccc(C(=O)O)cc1. The number of alkyl halides is 3. The Hall–Kier alpha value is -2.87. The Labute approximate surface area is 178 Å². The highest BCUT2D eigenvalue weighted by Gasteiger charge is 2.34. The van der Waals surface area contributed by atoms with Crippen molar-refractivity contribution in [3.8, 4) is 0 Å². The van der Waals surface area contributed by atoms with Crippen molar-refractivity contribution in [3.05, 3.63) is 70.8 Å². The van der Waals surface area contributed by atoms with E-state index in [1.807, 2.05) is 0 Å². The fourth-order valence-corrected chi connectivity index (χ4v) is 3.44. The zero-order valence-corrected chi connectivity index (χ0v) is 17.0. The largest absolute Gasteiger partial charge is 0.478 e. The molecule has 0 bridgehead atoms. The van der Waals surface area contributed by atoms with Crippen LogP contribution in [0.1, 0.15) is 59.3 Å². The number of carbonyl (C=O) groups is 2. The second-order valence-corrected chi connectivity index (χ2v) is 7.77. The van der Waals surface area contributed by atoms with Crippen LogP contribution in [-0.2, 0) is 22.3 Å². The number of amides is 1. The average Bonchev–Trinajstić information content (AvgIpc) is 2.69. The number of rotatable bonds is 8. The van der Waals surface area contributed by atoms with E-state index in [2.05, 4.69) is 5.32 Å². The van der Waals surface area contributed by atoms with Gasteiger partial charge < -0.3 is 15.2 Å². The second kappa shape index (κ2) is 9.51. The molecule has 31 heavy (non-hydrogen) atoms. The number of carboxylic acid groups (broad SMARTS) is 1. The average molecular weight is 435 g/mol. The van der Waals surface area contributed by atoms with E-state index in [4.69, 9.17) is 9.84 Å². The van der Waals surface area contributed by atoms with Gasteiger partial charge >= 0.3 is 12.1 Å². The zero-order chi connectivity index (χ0) is 22.6. The maximum absolute atomic E-state index is 12.9. The summed E-state index contributed by atoms with van der Waals surface area (Å²) in [6.45, 7) is 1.83. The maximum atomic E-state index is 12.9. The number of carbonyl (C=O) groups excluding carboxylic acids is 1. The molecule has 5 nitrogen and oxygen atoms in total. The summed E-state index contributed by atoms with van der Waals surface area (Å²) in [5.74, 6) is -1.24. The minimum Gasteiger partial charge on any atom is -0.478 e. The van der Waals surface area contributed by atoms with E-state index in [-0.39, 0.29) is 30.0 Å². The van der Waals surface area contributed by atoms with Crippen molar-refractivity contribution in [1.82, 2.24) is 5.32 Å². The van der Waals surface area contributed by atoms with Crippen molar-refractivity contribution in [2.75, 3.05) is 0 Å². The molecule has 2 aromatic carbocycles. The lowest BCUT2D eigenvalue weighted by Crippen LogP contribution is -2.44. The van der Waals surface area contributed by atoms with Crippen molar-refractivity contribution in [3.63, 3.8) is 0 Å². The van der Waals surface area contributed by atoms with Gasteiger partial charge in [-0.25, -0.2) is 4.79 Å². The molecule has 1 amide bonds. The Morgan fingerprint density at radius 2 is 1.71 bits per heavy atom. The summed E-state index contributed by atoms with van der Waals surface area (Å²) in [6.07, 6.45) is -2.38. The van der Waals surface area contributed by atoms with E-state index >= 15 is 0 Å². The van der Waals surface area contributed by atoms with Gasteiger partial charge in [0, 0.05) is 0 Å². The quantitative estimate of drug-likeness (QED) is 0.614. The second-order valence-electron chi connectivity index (χ2n) is 7.77. The minimum atomic E-state index is -4.40. The predicted octanol–water partition coefficient (Wildman–Crippen LogP) is 4.97. The van der Waals surface area contributed by atoms with Crippen LogP contribution in [0.5, 0.6) is 0 Å². The van der Waals surface area contributed by atoms with E-state index in [1.165, 1.54) is 24.3 Å². The summed E-state index contributed by atoms with van der Waals surface area (Å²) in [5.41, 5.74) is 0.748. The molecule has 1 aliphatic carbocycles. The molecule has 1 saturated carbocycles. The molecule has 0 aromatic heterocycles. The summed E-state index contributed by atoms with van der Waals surface area (Å²) < 4.78 is 44.0. The Balaban J connectivity index is 1.62. The molecular formula is C23H24F3NO4. The Bertz CT molecular complexity index is 906. The molecule has 0 heterocycles. The lowest BCUT2D eigenvalue weighted by molar-refractivity contribution is -0.141. The van der Waals surface area contributed by atoms with Gasteiger partial charge in [0.25, 0.3) is 0 Å². The molecule has 0 radical (unpaired) electrons. The number of benzene rings is 2. The van der Waals surface area contributed by atoms with Gasteiger partial charge in [-0.1, -0.05) is 30.7 Å². The van der Waals surface area contributed by atoms with Crippen molar-refractivity contribution < 1.29 is 32.6 Å². The molecule has 2 atom stereocenters. The monoisotopic (exact) mass is 435 g/mol. The van der Waals surface area contributed by atoms with Gasteiger partial charge in [0.15, 0.2) is 0 Å². The third-order valence-electron chi connectivity index (χ3n) is 5.56. The van der Waals surface area contributed by atoms with Crippen LogP contribution in [0.2, 0.25) is 0 Å². The number of hydrogen-bond acceptors (Lipinski definition) is 3. The van der Waals surface area contributed by atoms with Gasteiger partial charge in [-0.15, -0.1) is 0 Å². The standard InChI is InChI=1S/C23H24F3NO4/c1-14(16-7-9-18(10-8-16)22(29)30)27-21(28)20(17-3-2-4-17)31-13-15-5-11-19(12-6-15)23(24,25)26/h5-12,14,17,20H,2-4,13H2,1H3,(H,27,28)(H,29,30). The van der Waals surface area contributed by atoms with E-state index in [0.717, 1.165) is 37.0 Å². The molecule has 2 N–H and O–H groups in total. The van der Waals surface area contributed by atoms with Crippen molar-refractivity contribution in [2.45, 2.75) is 51.1 Å². The van der Waals surface area contributed by atoms with Crippen LogP contribution in [-0.4, -0.2) is 23.1 Å². The number of aromatic carboxylic acids is 1. The van der Waals surface area contributed by atoms with Crippen LogP contribution >= 0.6 is 0 Å². The highest BCUT2D eigenvalue weighted by atomic mass is 19.4. The number of nitrogens with one attached hydrogen (secondary N) is 1. The zero-order valence-electron chi connectivity index (χ0n) is 17.0. The van der Waals surface area contributed by atoms with Crippen LogP contribution in [0.3, 0.4) is 0 Å². The lowest BCUT2D eigenvalue weighted by Gasteiger charge is -2.33. The van der Waals surface area contributed by atoms with E-state index < -0.39 is 23.8 Å². The van der Waals surface area contributed by atoms with Gasteiger partial charge in [0.2, 0.25) is 5.91 Å². The van der Waals surface area contributed by atoms with E-state index in [0.29, 0.717) is 5.56 Å². The molecule has 0 spiro atoms. The summed E-state index contributed by atoms with van der Waals surface area (Å²) in [6, 6.07) is 10.6. The first-order valence-corrected chi connectivity index (χ1v) is 10.1. The fraction of sp³-hybridized carbons (Fsp3) is 0.391. The van der Waals surface area contributed by atoms with Gasteiger partial charge in [-0.05, 0) is 61.1 Å². The number of ether oxygens (including phenoxy) is 1. The highest BCUT2D eigenvalue weighted by Crippen LogP contribution is 2.33. The summed E-state index contributed by atoms with van der Waals surface area (Å²) in [7, 11) is 0. The molecule has 1 fully saturated rings. The minimum absolute atomic E-state index is 0.0361. The smallest absolute Gasteiger partial charge is 0.416 e. The first-order valence-electron chi connectivity index (χ1n) is 10.1. The molecule has 2 aromatic rings. The fourth-order valence-electron chi connectivity index (χ4n) is 3.44. The Morgan fingerprint density at radius 1 is 1.10 bits per heavy atom. The van der Waals surface area contributed by atoms with Crippen LogP contribution in [0, 0.1) is 5.92 Å². The molecule has 2 unspecified atom stereocenters. The van der Waals surface area contributed by atoms with Crippen molar-refractivity contribution >= 4 is 11.9 Å². The number of carboxylic acids is 1. The molecule has 1 aliphatic rings. The van der Waals surface area contributed by atoms with Gasteiger partial charge in [-0.2, -0.15) is 13.2 Å². The van der Waals surface area contributed by atoms with Gasteiger partial charge in [0.1, 0.15) is 6.10 Å². The maximum Gasteiger partial charge on any atom is 0.416 e. The molecular weight excluding hydrogens is 411 g/mol. The van der Waals surface area contributed by atoms with Gasteiger partial charge in [-0.3, -0.25) is 4.79 Å². The van der Waals surface area contributed by atoms with Gasteiger partial charge in [0.05, 0.1) is 23.8 Å². The molecule has 3 rings (SSSR count). The van der Waals surface area contributed by atoms with Crippen LogP contribution in [0.25, 0.3) is 0 Å². The lowest BCUT2D eigenvalue weighted by atomic mass is 9.80. The number of hydrogen-bond donors (Lipinski definition) is 2. The third kappa shape index (κ3) is 5.85. The topological polar surface area (TPSA) is 75.6 Å². The summed E-state index contributed by atoms with van der Waals surface area (Å²) in [5, 5.41) is 11.9. The molecule has 0 aliphatic heterocycles. The van der Waals surface area contributed by atoms with Crippen LogP contribution < -0.4 is 5.32 Å². The first-order chi connectivity index (χ1) is 14.6. The Kier molecular flexibility index (Phi) is 7.00.